The molecular weight excluding hydrogens is 400 g/mol. The molecule has 1 saturated heterocycles. The molecule has 5 heterocycles. The van der Waals surface area contributed by atoms with Gasteiger partial charge >= 0.3 is 0 Å². The number of nitrogens with zero attached hydrogens (tertiary/aromatic N) is 5. The van der Waals surface area contributed by atoms with Crippen LogP contribution in [-0.4, -0.2) is 58.4 Å². The van der Waals surface area contributed by atoms with Gasteiger partial charge in [-0.15, -0.1) is 0 Å². The Morgan fingerprint density at radius 3 is 2.81 bits per heavy atom. The third kappa shape index (κ3) is 3.98. The number of pyridine rings is 2. The smallest absolute Gasteiger partial charge is 0.159 e. The van der Waals surface area contributed by atoms with Crippen LogP contribution in [0.5, 0.6) is 0 Å². The lowest BCUT2D eigenvalue weighted by Crippen LogP contribution is -2.29. The topological polar surface area (TPSA) is 108 Å². The Balaban J connectivity index is 1.58. The highest BCUT2D eigenvalue weighted by Crippen LogP contribution is 2.28. The lowest BCUT2D eigenvalue weighted by atomic mass is 10.0. The van der Waals surface area contributed by atoms with Crippen LogP contribution in [-0.2, 0) is 0 Å². The fraction of sp³-hybridized carbons (Fsp3) is 0.417. The van der Waals surface area contributed by atoms with Gasteiger partial charge in [-0.3, -0.25) is 9.98 Å². The van der Waals surface area contributed by atoms with Gasteiger partial charge in [0.1, 0.15) is 16.9 Å². The lowest BCUT2D eigenvalue weighted by molar-refractivity contribution is 0.578. The van der Waals surface area contributed by atoms with Crippen LogP contribution in [0.4, 0.5) is 11.4 Å². The number of fused-ring (bicyclic) bond motifs is 1. The number of imidazole rings is 1. The Morgan fingerprint density at radius 2 is 2.03 bits per heavy atom. The van der Waals surface area contributed by atoms with Gasteiger partial charge in [-0.05, 0) is 56.9 Å². The summed E-state index contributed by atoms with van der Waals surface area (Å²) in [7, 11) is 0. The number of hydrogen-bond acceptors (Lipinski definition) is 7. The molecule has 3 aromatic heterocycles. The van der Waals surface area contributed by atoms with E-state index in [1.165, 1.54) is 24.8 Å². The van der Waals surface area contributed by atoms with E-state index >= 15 is 0 Å². The van der Waals surface area contributed by atoms with Crippen LogP contribution in [0.25, 0.3) is 16.6 Å². The standard InChI is InChI=1S/C24H30N8/c1-2-28-23(21-17(25)6-7-18(29-21)16-8-10-26-11-9-16)24-30-19-14-27-15-20(22(19)31-24)32-12-4-3-5-13-32/h6-8,14-15,26H,2-5,9-13,25H2,1H3,(H,30,31). The number of H-pyrrole nitrogens is 1. The quantitative estimate of drug-likeness (QED) is 0.537. The third-order valence-corrected chi connectivity index (χ3v) is 6.16. The number of hydrogen-bond donors (Lipinski definition) is 3. The first kappa shape index (κ1) is 20.6. The lowest BCUT2D eigenvalue weighted by Gasteiger charge is -2.28. The van der Waals surface area contributed by atoms with Gasteiger partial charge in [0, 0.05) is 26.2 Å². The van der Waals surface area contributed by atoms with Crippen molar-refractivity contribution in [3.8, 4) is 0 Å². The average molecular weight is 431 g/mol. The average Bonchev–Trinajstić information content (AvgIpc) is 3.28. The predicted octanol–water partition coefficient (Wildman–Crippen LogP) is 3.16. The van der Waals surface area contributed by atoms with Gasteiger partial charge in [0.05, 0.1) is 35.0 Å². The molecule has 4 N–H and O–H groups in total. The molecule has 2 aliphatic rings. The van der Waals surface area contributed by atoms with Gasteiger partial charge in [0.2, 0.25) is 0 Å². The summed E-state index contributed by atoms with van der Waals surface area (Å²) in [6, 6.07) is 3.92. The number of nitrogens with one attached hydrogen (secondary N) is 2. The van der Waals surface area contributed by atoms with Crippen molar-refractivity contribution in [1.82, 2.24) is 25.3 Å². The SMILES string of the molecule is CCN=C(c1nc2c(N3CCCCC3)cncc2[nH]1)c1nc(C2=CCNCC2)ccc1N. The van der Waals surface area contributed by atoms with Crippen LogP contribution in [0.3, 0.4) is 0 Å². The first-order valence-electron chi connectivity index (χ1n) is 11.5. The summed E-state index contributed by atoms with van der Waals surface area (Å²) in [6.07, 6.45) is 10.6. The molecule has 0 amide bonds. The first-order valence-corrected chi connectivity index (χ1v) is 11.5. The van der Waals surface area contributed by atoms with Gasteiger partial charge in [-0.25, -0.2) is 9.97 Å². The zero-order valence-corrected chi connectivity index (χ0v) is 18.6. The maximum absolute atomic E-state index is 6.39. The Labute approximate surface area is 188 Å². The van der Waals surface area contributed by atoms with E-state index in [1.807, 2.05) is 31.5 Å². The van der Waals surface area contributed by atoms with Gasteiger partial charge in [0.15, 0.2) is 5.82 Å². The summed E-state index contributed by atoms with van der Waals surface area (Å²) < 4.78 is 0. The Bertz CT molecular complexity index is 1170. The van der Waals surface area contributed by atoms with Crippen molar-refractivity contribution in [2.45, 2.75) is 32.6 Å². The van der Waals surface area contributed by atoms with Crippen molar-refractivity contribution < 1.29 is 0 Å². The minimum Gasteiger partial charge on any atom is -0.397 e. The second-order valence-corrected chi connectivity index (χ2v) is 8.33. The fourth-order valence-electron chi connectivity index (χ4n) is 4.51. The summed E-state index contributed by atoms with van der Waals surface area (Å²) in [6.45, 7) is 6.53. The number of rotatable bonds is 5. The fourth-order valence-corrected chi connectivity index (χ4v) is 4.51. The number of aromatic amines is 1. The van der Waals surface area contributed by atoms with E-state index in [4.69, 9.17) is 20.7 Å². The largest absolute Gasteiger partial charge is 0.397 e. The molecule has 0 saturated carbocycles. The minimum atomic E-state index is 0.602. The number of aliphatic imine (C=N–C) groups is 1. The molecule has 1 fully saturated rings. The Hall–Kier alpha value is -3.26. The van der Waals surface area contributed by atoms with E-state index in [-0.39, 0.29) is 0 Å². The zero-order chi connectivity index (χ0) is 21.9. The molecule has 166 valence electrons. The van der Waals surface area contributed by atoms with E-state index in [9.17, 15) is 0 Å². The van der Waals surface area contributed by atoms with E-state index in [0.717, 1.165) is 55.0 Å². The van der Waals surface area contributed by atoms with Gasteiger partial charge in [-0.2, -0.15) is 0 Å². The van der Waals surface area contributed by atoms with Gasteiger partial charge in [-0.1, -0.05) is 6.08 Å². The maximum atomic E-state index is 6.39. The molecule has 0 unspecified atom stereocenters. The summed E-state index contributed by atoms with van der Waals surface area (Å²) in [4.78, 5) is 25.0. The maximum Gasteiger partial charge on any atom is 0.159 e. The Morgan fingerprint density at radius 1 is 1.16 bits per heavy atom. The van der Waals surface area contributed by atoms with E-state index in [1.54, 1.807) is 0 Å². The molecule has 0 atom stereocenters. The van der Waals surface area contributed by atoms with Gasteiger partial charge in [0.25, 0.3) is 0 Å². The normalized spacial score (nSPS) is 17.6. The highest BCUT2D eigenvalue weighted by Gasteiger charge is 2.21. The zero-order valence-electron chi connectivity index (χ0n) is 18.6. The van der Waals surface area contributed by atoms with Crippen molar-refractivity contribution in [3.63, 3.8) is 0 Å². The monoisotopic (exact) mass is 430 g/mol. The Kier molecular flexibility index (Phi) is 5.85. The van der Waals surface area contributed by atoms with Crippen LogP contribution in [0, 0.1) is 0 Å². The molecule has 8 nitrogen and oxygen atoms in total. The highest BCUT2D eigenvalue weighted by molar-refractivity contribution is 6.14. The highest BCUT2D eigenvalue weighted by atomic mass is 15.2. The predicted molar refractivity (Wildman–Crippen MR) is 130 cm³/mol. The molecule has 0 radical (unpaired) electrons. The van der Waals surface area contributed by atoms with Crippen molar-refractivity contribution in [2.75, 3.05) is 43.4 Å². The van der Waals surface area contributed by atoms with Crippen LogP contribution < -0.4 is 16.0 Å². The molecule has 0 bridgehead atoms. The number of nitrogens with two attached hydrogens (primary N) is 1. The molecule has 0 aromatic carbocycles. The first-order chi connectivity index (χ1) is 15.7. The number of aromatic nitrogens is 4. The van der Waals surface area contributed by atoms with Crippen LogP contribution in [0.1, 0.15) is 49.8 Å². The third-order valence-electron chi connectivity index (χ3n) is 6.16. The second kappa shape index (κ2) is 9.08. The van der Waals surface area contributed by atoms with E-state index < -0.39 is 0 Å². The van der Waals surface area contributed by atoms with Crippen LogP contribution in [0.15, 0.2) is 35.6 Å². The van der Waals surface area contributed by atoms with Crippen LogP contribution in [0.2, 0.25) is 0 Å². The van der Waals surface area contributed by atoms with Crippen LogP contribution >= 0.6 is 0 Å². The second-order valence-electron chi connectivity index (χ2n) is 8.33. The summed E-state index contributed by atoms with van der Waals surface area (Å²) in [5.74, 6) is 0.684. The molecule has 3 aromatic rings. The van der Waals surface area contributed by atoms with Gasteiger partial charge < -0.3 is 20.9 Å². The summed E-state index contributed by atoms with van der Waals surface area (Å²) in [5, 5.41) is 3.35. The molecule has 5 rings (SSSR count). The van der Waals surface area contributed by atoms with Crippen molar-refractivity contribution in [3.05, 3.63) is 47.8 Å². The van der Waals surface area contributed by atoms with E-state index in [0.29, 0.717) is 29.5 Å². The molecule has 0 aliphatic carbocycles. The molecule has 32 heavy (non-hydrogen) atoms. The number of nitrogen functional groups attached to an aromatic ring is 1. The minimum absolute atomic E-state index is 0.602. The summed E-state index contributed by atoms with van der Waals surface area (Å²) >= 11 is 0. The van der Waals surface area contributed by atoms with Crippen molar-refractivity contribution in [1.29, 1.82) is 0 Å². The van der Waals surface area contributed by atoms with E-state index in [2.05, 4.69) is 26.3 Å². The molecular formula is C24H30N8. The number of anilines is 2. The molecule has 2 aliphatic heterocycles. The number of piperidine rings is 1. The van der Waals surface area contributed by atoms with Crippen molar-refractivity contribution in [2.24, 2.45) is 4.99 Å². The molecule has 0 spiro atoms. The van der Waals surface area contributed by atoms with Crippen molar-refractivity contribution >= 4 is 33.7 Å². The molecule has 8 heteroatoms. The summed E-state index contributed by atoms with van der Waals surface area (Å²) in [5.41, 5.74) is 13.5.